The summed E-state index contributed by atoms with van der Waals surface area (Å²) in [4.78, 5) is 48.7. The predicted octanol–water partition coefficient (Wildman–Crippen LogP) is -2.17. The molecule has 15 heteroatoms. The number of nitrogen functional groups attached to an aromatic ring is 2. The second-order valence-corrected chi connectivity index (χ2v) is 7.29. The number of nitrogens with one attached hydrogen (secondary N) is 2. The molecule has 0 fully saturated rings. The first-order chi connectivity index (χ1) is 15.4. The van der Waals surface area contributed by atoms with Crippen LogP contribution in [-0.2, 0) is 11.8 Å². The highest BCUT2D eigenvalue weighted by Gasteiger charge is 2.54. The van der Waals surface area contributed by atoms with Crippen molar-refractivity contribution in [3.05, 3.63) is 67.5 Å². The largest absolute Gasteiger partial charge is 0.379 e. The van der Waals surface area contributed by atoms with Crippen LogP contribution in [0.15, 0.2) is 33.9 Å². The van der Waals surface area contributed by atoms with Crippen molar-refractivity contribution in [2.75, 3.05) is 11.5 Å². The van der Waals surface area contributed by atoms with Crippen molar-refractivity contribution in [3.8, 4) is 0 Å². The number of anilines is 2. The number of carbonyl (C=O) groups excluding carboxylic acids is 1. The van der Waals surface area contributed by atoms with E-state index in [4.69, 9.17) is 11.5 Å². The van der Waals surface area contributed by atoms with E-state index in [1.165, 1.54) is 0 Å². The van der Waals surface area contributed by atoms with Gasteiger partial charge in [-0.3, -0.25) is 14.4 Å². The normalized spacial score (nSPS) is 14.9. The highest BCUT2D eigenvalue weighted by atomic mass is 16.1. The van der Waals surface area contributed by atoms with Crippen LogP contribution >= 0.6 is 0 Å². The molecule has 0 unspecified atom stereocenters. The van der Waals surface area contributed by atoms with E-state index in [2.05, 4.69) is 40.8 Å². The lowest BCUT2D eigenvalue weighted by molar-refractivity contribution is 0.0922. The number of nitrogens with zero attached hydrogens (tertiary/aromatic N) is 8. The standard InChI is InChI=1S/C17H12N12O3/c18-11-13-20-8(15(31)24-28(13)26-22-11)17(5-6-3-1-2-4-7(6)10(17)30)9-16(32)25-29-14(21-9)12(19)23-27-29/h1-4H,5,18-19H2,(H,24,31)(H,25,32). The molecule has 6 rings (SSSR count). The van der Waals surface area contributed by atoms with Gasteiger partial charge in [-0.15, -0.1) is 19.5 Å². The number of ketones is 1. The molecule has 0 aliphatic heterocycles. The Balaban J connectivity index is 1.75. The van der Waals surface area contributed by atoms with Crippen molar-refractivity contribution in [1.82, 2.24) is 50.0 Å². The Bertz CT molecular complexity index is 1610. The number of rotatable bonds is 2. The van der Waals surface area contributed by atoms with Crippen LogP contribution in [0.1, 0.15) is 27.3 Å². The van der Waals surface area contributed by atoms with Gasteiger partial charge in [0.05, 0.1) is 0 Å². The lowest BCUT2D eigenvalue weighted by Crippen LogP contribution is -2.46. The molecule has 4 aromatic heterocycles. The fourth-order valence-corrected chi connectivity index (χ4v) is 4.11. The summed E-state index contributed by atoms with van der Waals surface area (Å²) >= 11 is 0. The molecule has 4 heterocycles. The highest BCUT2D eigenvalue weighted by Crippen LogP contribution is 2.41. The Labute approximate surface area is 175 Å². The van der Waals surface area contributed by atoms with Gasteiger partial charge in [0.2, 0.25) is 11.3 Å². The van der Waals surface area contributed by atoms with Gasteiger partial charge in [0.15, 0.2) is 17.4 Å². The number of carbonyl (C=O) groups is 1. The molecule has 1 aliphatic carbocycles. The van der Waals surface area contributed by atoms with Crippen LogP contribution in [0.5, 0.6) is 0 Å². The summed E-state index contributed by atoms with van der Waals surface area (Å²) in [6.07, 6.45) is -0.0382. The molecule has 15 nitrogen and oxygen atoms in total. The quantitative estimate of drug-likeness (QED) is 0.235. The fraction of sp³-hybridized carbons (Fsp3) is 0.118. The number of Topliss-reactive ketones (excluding diaryl/α,β-unsaturated/α-hetero) is 1. The van der Waals surface area contributed by atoms with Crippen molar-refractivity contribution >= 4 is 28.7 Å². The Morgan fingerprint density at radius 1 is 0.844 bits per heavy atom. The fourth-order valence-electron chi connectivity index (χ4n) is 4.11. The molecule has 0 radical (unpaired) electrons. The monoisotopic (exact) mass is 432 g/mol. The van der Waals surface area contributed by atoms with Crippen molar-refractivity contribution < 1.29 is 4.79 Å². The van der Waals surface area contributed by atoms with E-state index in [0.717, 1.165) is 9.26 Å². The van der Waals surface area contributed by atoms with Gasteiger partial charge in [-0.2, -0.15) is 0 Å². The first kappa shape index (κ1) is 17.9. The van der Waals surface area contributed by atoms with E-state index < -0.39 is 22.3 Å². The summed E-state index contributed by atoms with van der Waals surface area (Å²) < 4.78 is 1.97. The molecule has 0 spiro atoms. The van der Waals surface area contributed by atoms with Crippen LogP contribution < -0.4 is 22.6 Å². The topological polar surface area (TPSA) is 221 Å². The van der Waals surface area contributed by atoms with Crippen LogP contribution in [0.3, 0.4) is 0 Å². The number of aromatic amines is 2. The maximum Gasteiger partial charge on any atom is 0.287 e. The van der Waals surface area contributed by atoms with Crippen molar-refractivity contribution in [2.45, 2.75) is 11.8 Å². The summed E-state index contributed by atoms with van der Waals surface area (Å²) in [5, 5.41) is 19.6. The van der Waals surface area contributed by atoms with Gasteiger partial charge in [0.1, 0.15) is 16.8 Å². The molecule has 0 saturated carbocycles. The first-order valence-electron chi connectivity index (χ1n) is 9.26. The lowest BCUT2D eigenvalue weighted by Gasteiger charge is -2.24. The van der Waals surface area contributed by atoms with E-state index in [1.807, 2.05) is 0 Å². The minimum Gasteiger partial charge on any atom is -0.379 e. The molecule has 158 valence electrons. The first-order valence-corrected chi connectivity index (χ1v) is 9.26. The van der Waals surface area contributed by atoms with Gasteiger partial charge in [0, 0.05) is 5.56 Å². The summed E-state index contributed by atoms with van der Waals surface area (Å²) in [5.41, 5.74) is 8.73. The van der Waals surface area contributed by atoms with Gasteiger partial charge in [0.25, 0.3) is 11.1 Å². The van der Waals surface area contributed by atoms with Gasteiger partial charge in [-0.05, 0) is 22.4 Å². The summed E-state index contributed by atoms with van der Waals surface area (Å²) in [7, 11) is 0. The molecule has 0 saturated heterocycles. The van der Waals surface area contributed by atoms with Crippen LogP contribution in [0.4, 0.5) is 11.6 Å². The molecule has 32 heavy (non-hydrogen) atoms. The number of nitrogens with two attached hydrogens (primary N) is 2. The number of fused-ring (bicyclic) bond motifs is 3. The van der Waals surface area contributed by atoms with Crippen LogP contribution in [0, 0.1) is 0 Å². The van der Waals surface area contributed by atoms with E-state index in [1.54, 1.807) is 24.3 Å². The zero-order valence-electron chi connectivity index (χ0n) is 16.0. The van der Waals surface area contributed by atoms with Gasteiger partial charge >= 0.3 is 0 Å². The average Bonchev–Trinajstić information content (AvgIpc) is 3.42. The molecule has 6 N–H and O–H groups in total. The Kier molecular flexibility index (Phi) is 3.24. The summed E-state index contributed by atoms with van der Waals surface area (Å²) in [6, 6.07) is 6.79. The number of aromatic nitrogens is 10. The molecular formula is C17H12N12O3. The third-order valence-electron chi connectivity index (χ3n) is 5.54. The molecule has 0 amide bonds. The molecule has 0 bridgehead atoms. The summed E-state index contributed by atoms with van der Waals surface area (Å²) in [5.74, 6) is -0.653. The highest BCUT2D eigenvalue weighted by molar-refractivity contribution is 6.10. The minimum atomic E-state index is -1.86. The van der Waals surface area contributed by atoms with Crippen molar-refractivity contribution in [3.63, 3.8) is 0 Å². The van der Waals surface area contributed by atoms with Gasteiger partial charge in [-0.1, -0.05) is 24.3 Å². The number of hydrogen-bond acceptors (Lipinski definition) is 11. The third kappa shape index (κ3) is 2.10. The van der Waals surface area contributed by atoms with Crippen LogP contribution in [0.2, 0.25) is 0 Å². The lowest BCUT2D eigenvalue weighted by atomic mass is 9.77. The smallest absolute Gasteiger partial charge is 0.287 e. The minimum absolute atomic E-state index is 0.0192. The van der Waals surface area contributed by atoms with E-state index in [9.17, 15) is 14.4 Å². The zero-order valence-corrected chi connectivity index (χ0v) is 16.0. The van der Waals surface area contributed by atoms with Gasteiger partial charge in [-0.25, -0.2) is 20.2 Å². The second kappa shape index (κ2) is 5.81. The molecule has 1 aliphatic rings. The van der Waals surface area contributed by atoms with E-state index >= 15 is 0 Å². The Hall–Kier alpha value is -4.95. The Morgan fingerprint density at radius 2 is 1.38 bits per heavy atom. The number of benzene rings is 1. The van der Waals surface area contributed by atoms with Gasteiger partial charge < -0.3 is 11.5 Å². The zero-order chi connectivity index (χ0) is 22.2. The second-order valence-electron chi connectivity index (χ2n) is 7.29. The molecule has 0 atom stereocenters. The molecule has 5 aromatic rings. The predicted molar refractivity (Wildman–Crippen MR) is 107 cm³/mol. The van der Waals surface area contributed by atoms with Crippen LogP contribution in [0.25, 0.3) is 11.3 Å². The van der Waals surface area contributed by atoms with E-state index in [0.29, 0.717) is 11.1 Å². The Morgan fingerprint density at radius 3 is 1.91 bits per heavy atom. The maximum absolute atomic E-state index is 13.8. The third-order valence-corrected chi connectivity index (χ3v) is 5.54. The molecule has 1 aromatic carbocycles. The van der Waals surface area contributed by atoms with Crippen LogP contribution in [-0.4, -0.2) is 55.8 Å². The van der Waals surface area contributed by atoms with Crippen molar-refractivity contribution in [2.24, 2.45) is 0 Å². The SMILES string of the molecule is Nc1nnn2[nH]c(=O)c(C3(c4nc5c(N)nnn5[nH]c4=O)Cc4ccccc4C3=O)nc12. The summed E-state index contributed by atoms with van der Waals surface area (Å²) in [6.45, 7) is 0. The maximum atomic E-state index is 13.8. The van der Waals surface area contributed by atoms with E-state index in [-0.39, 0.29) is 40.7 Å². The molecular weight excluding hydrogens is 420 g/mol. The van der Waals surface area contributed by atoms with Crippen molar-refractivity contribution in [1.29, 1.82) is 0 Å². The number of hydrogen-bond donors (Lipinski definition) is 4. The number of H-pyrrole nitrogens is 2. The average molecular weight is 432 g/mol.